The molecule has 2 aliphatic rings. The number of nitrogens with two attached hydrogens (primary N) is 1. The number of halogens is 3. The molecule has 3 unspecified atom stereocenters. The molecule has 6 heteroatoms. The molecule has 3 atom stereocenters. The summed E-state index contributed by atoms with van der Waals surface area (Å²) in [6.07, 6.45) is 1.21. The highest BCUT2D eigenvalue weighted by molar-refractivity contribution is 5.79. The van der Waals surface area contributed by atoms with Gasteiger partial charge in [0.15, 0.2) is 0 Å². The zero-order chi connectivity index (χ0) is 14.8. The Labute approximate surface area is 117 Å². The number of carbonyl (C=O) groups is 1. The number of rotatable bonds is 3. The number of hydrogen-bond acceptors (Lipinski definition) is 2. The van der Waals surface area contributed by atoms with E-state index in [4.69, 9.17) is 5.73 Å². The Hall–Kier alpha value is -0.780. The summed E-state index contributed by atoms with van der Waals surface area (Å²) in [4.78, 5) is 12.1. The number of alkyl halides is 3. The highest BCUT2D eigenvalue weighted by Gasteiger charge is 2.46. The van der Waals surface area contributed by atoms with Gasteiger partial charge in [-0.1, -0.05) is 19.3 Å². The Morgan fingerprint density at radius 3 is 2.30 bits per heavy atom. The van der Waals surface area contributed by atoms with E-state index in [0.717, 1.165) is 25.7 Å². The predicted octanol–water partition coefficient (Wildman–Crippen LogP) is 2.74. The van der Waals surface area contributed by atoms with Gasteiger partial charge in [-0.2, -0.15) is 13.2 Å². The average Bonchev–Trinajstić information content (AvgIpc) is 2.87. The van der Waals surface area contributed by atoms with Crippen LogP contribution in [-0.2, 0) is 4.79 Å². The van der Waals surface area contributed by atoms with Crippen molar-refractivity contribution in [3.05, 3.63) is 0 Å². The maximum absolute atomic E-state index is 13.1. The number of carbonyl (C=O) groups excluding carboxylic acids is 1. The van der Waals surface area contributed by atoms with E-state index in [9.17, 15) is 18.0 Å². The largest absolute Gasteiger partial charge is 0.408 e. The lowest BCUT2D eigenvalue weighted by Gasteiger charge is -2.31. The van der Waals surface area contributed by atoms with Crippen molar-refractivity contribution in [3.8, 4) is 0 Å². The molecule has 20 heavy (non-hydrogen) atoms. The van der Waals surface area contributed by atoms with Gasteiger partial charge in [-0.05, 0) is 38.0 Å². The van der Waals surface area contributed by atoms with Crippen LogP contribution in [0.15, 0.2) is 0 Å². The summed E-state index contributed by atoms with van der Waals surface area (Å²) in [5, 5.41) is 2.27. The summed E-state index contributed by atoms with van der Waals surface area (Å²) < 4.78 is 39.4. The third-order valence-corrected chi connectivity index (χ3v) is 4.61. The van der Waals surface area contributed by atoms with Crippen molar-refractivity contribution in [2.75, 3.05) is 0 Å². The second kappa shape index (κ2) is 6.33. The fraction of sp³-hybridized carbons (Fsp3) is 0.929. The summed E-state index contributed by atoms with van der Waals surface area (Å²) in [6, 6.07) is -1.74. The molecule has 3 N–H and O–H groups in total. The van der Waals surface area contributed by atoms with Crippen molar-refractivity contribution in [1.29, 1.82) is 0 Å². The molecule has 3 nitrogen and oxygen atoms in total. The van der Waals surface area contributed by atoms with Crippen LogP contribution in [0.2, 0.25) is 0 Å². The van der Waals surface area contributed by atoms with E-state index in [1.807, 2.05) is 0 Å². The van der Waals surface area contributed by atoms with Gasteiger partial charge in [-0.15, -0.1) is 0 Å². The molecule has 0 aliphatic heterocycles. The Morgan fingerprint density at radius 2 is 1.75 bits per heavy atom. The molecule has 0 saturated heterocycles. The monoisotopic (exact) mass is 292 g/mol. The van der Waals surface area contributed by atoms with Crippen LogP contribution in [0.4, 0.5) is 13.2 Å². The lowest BCUT2D eigenvalue weighted by Crippen LogP contribution is -2.52. The molecule has 2 aliphatic carbocycles. The van der Waals surface area contributed by atoms with Crippen molar-refractivity contribution in [3.63, 3.8) is 0 Å². The van der Waals surface area contributed by atoms with Crippen molar-refractivity contribution in [1.82, 2.24) is 5.32 Å². The molecule has 2 saturated carbocycles. The molecule has 0 aromatic heterocycles. The lowest BCUT2D eigenvalue weighted by molar-refractivity contribution is -0.173. The number of hydrogen-bond donors (Lipinski definition) is 2. The van der Waals surface area contributed by atoms with Crippen LogP contribution in [0, 0.1) is 11.8 Å². The van der Waals surface area contributed by atoms with Gasteiger partial charge in [0, 0.05) is 12.0 Å². The minimum atomic E-state index is -4.36. The molecule has 0 aromatic rings. The van der Waals surface area contributed by atoms with Gasteiger partial charge in [0.1, 0.15) is 6.04 Å². The van der Waals surface area contributed by atoms with Crippen LogP contribution in [0.1, 0.15) is 51.4 Å². The van der Waals surface area contributed by atoms with E-state index in [2.05, 4.69) is 5.32 Å². The van der Waals surface area contributed by atoms with Crippen LogP contribution in [0.3, 0.4) is 0 Å². The zero-order valence-corrected chi connectivity index (χ0v) is 11.6. The molecule has 2 rings (SSSR count). The SMILES string of the molecule is NC1CCCC(C(=O)NC(C2CCCC2)C(F)(F)F)C1. The number of nitrogens with one attached hydrogen (secondary N) is 1. The average molecular weight is 292 g/mol. The summed E-state index contributed by atoms with van der Waals surface area (Å²) in [6.45, 7) is 0. The maximum atomic E-state index is 13.1. The normalized spacial score (nSPS) is 30.2. The fourth-order valence-electron chi connectivity index (χ4n) is 3.49. The fourth-order valence-corrected chi connectivity index (χ4v) is 3.49. The van der Waals surface area contributed by atoms with Gasteiger partial charge in [-0.25, -0.2) is 0 Å². The molecular weight excluding hydrogens is 269 g/mol. The van der Waals surface area contributed by atoms with E-state index < -0.39 is 24.0 Å². The molecular formula is C14H23F3N2O. The molecule has 0 aromatic carbocycles. The first-order chi connectivity index (χ1) is 9.38. The smallest absolute Gasteiger partial charge is 0.344 e. The van der Waals surface area contributed by atoms with Crippen molar-refractivity contribution in [2.45, 2.75) is 69.6 Å². The first-order valence-corrected chi connectivity index (χ1v) is 7.50. The summed E-state index contributed by atoms with van der Waals surface area (Å²) in [5.41, 5.74) is 5.80. The third-order valence-electron chi connectivity index (χ3n) is 4.61. The molecule has 0 bridgehead atoms. The quantitative estimate of drug-likeness (QED) is 0.840. The van der Waals surface area contributed by atoms with Gasteiger partial charge >= 0.3 is 6.18 Å². The summed E-state index contributed by atoms with van der Waals surface area (Å²) in [7, 11) is 0. The van der Waals surface area contributed by atoms with E-state index in [1.165, 1.54) is 0 Å². The highest BCUT2D eigenvalue weighted by Crippen LogP contribution is 2.36. The van der Waals surface area contributed by atoms with E-state index >= 15 is 0 Å². The molecule has 1 amide bonds. The van der Waals surface area contributed by atoms with Crippen molar-refractivity contribution < 1.29 is 18.0 Å². The van der Waals surface area contributed by atoms with Crippen LogP contribution >= 0.6 is 0 Å². The first-order valence-electron chi connectivity index (χ1n) is 7.50. The predicted molar refractivity (Wildman–Crippen MR) is 69.9 cm³/mol. The summed E-state index contributed by atoms with van der Waals surface area (Å²) in [5.74, 6) is -1.28. The van der Waals surface area contributed by atoms with Gasteiger partial charge in [0.25, 0.3) is 0 Å². The molecule has 2 fully saturated rings. The Morgan fingerprint density at radius 1 is 1.10 bits per heavy atom. The van der Waals surface area contributed by atoms with Crippen LogP contribution < -0.4 is 11.1 Å². The topological polar surface area (TPSA) is 55.1 Å². The molecule has 0 heterocycles. The van der Waals surface area contributed by atoms with Gasteiger partial charge < -0.3 is 11.1 Å². The second-order valence-electron chi connectivity index (χ2n) is 6.20. The van der Waals surface area contributed by atoms with E-state index in [-0.39, 0.29) is 12.0 Å². The second-order valence-corrected chi connectivity index (χ2v) is 6.20. The van der Waals surface area contributed by atoms with Gasteiger partial charge in [0.05, 0.1) is 0 Å². The summed E-state index contributed by atoms with van der Waals surface area (Å²) >= 11 is 0. The van der Waals surface area contributed by atoms with Crippen LogP contribution in [0.5, 0.6) is 0 Å². The van der Waals surface area contributed by atoms with Crippen LogP contribution in [0.25, 0.3) is 0 Å². The lowest BCUT2D eigenvalue weighted by atomic mass is 9.85. The third kappa shape index (κ3) is 3.87. The van der Waals surface area contributed by atoms with E-state index in [1.54, 1.807) is 0 Å². The molecule has 0 spiro atoms. The Bertz CT molecular complexity index is 340. The Balaban J connectivity index is 1.98. The number of amides is 1. The minimum absolute atomic E-state index is 0.0599. The molecule has 116 valence electrons. The molecule has 0 radical (unpaired) electrons. The Kier molecular flexibility index (Phi) is 4.94. The van der Waals surface area contributed by atoms with Gasteiger partial charge in [-0.3, -0.25) is 4.79 Å². The zero-order valence-electron chi connectivity index (χ0n) is 11.6. The highest BCUT2D eigenvalue weighted by atomic mass is 19.4. The first kappa shape index (κ1) is 15.6. The van der Waals surface area contributed by atoms with Gasteiger partial charge in [0.2, 0.25) is 5.91 Å². The maximum Gasteiger partial charge on any atom is 0.408 e. The van der Waals surface area contributed by atoms with E-state index in [0.29, 0.717) is 25.7 Å². The van der Waals surface area contributed by atoms with Crippen LogP contribution in [-0.4, -0.2) is 24.2 Å². The van der Waals surface area contributed by atoms with Crippen molar-refractivity contribution in [2.24, 2.45) is 17.6 Å². The standard InChI is InChI=1S/C14H23F3N2O/c15-14(16,17)12(9-4-1-2-5-9)19-13(20)10-6-3-7-11(18)8-10/h9-12H,1-8,18H2,(H,19,20). The minimum Gasteiger partial charge on any atom is -0.344 e. The van der Waals surface area contributed by atoms with Crippen molar-refractivity contribution >= 4 is 5.91 Å².